The average molecular weight is 290 g/mol. The second-order valence-corrected chi connectivity index (χ2v) is 5.25. The number of benzene rings is 1. The van der Waals surface area contributed by atoms with Crippen LogP contribution in [0.15, 0.2) is 18.2 Å². The van der Waals surface area contributed by atoms with Crippen molar-refractivity contribution in [2.45, 2.75) is 26.3 Å². The Kier molecular flexibility index (Phi) is 5.93. The third kappa shape index (κ3) is 3.87. The van der Waals surface area contributed by atoms with Gasteiger partial charge in [-0.25, -0.2) is 0 Å². The van der Waals surface area contributed by atoms with Crippen molar-refractivity contribution in [2.75, 3.05) is 6.61 Å². The van der Waals surface area contributed by atoms with E-state index in [1.807, 2.05) is 13.8 Å². The third-order valence-corrected chi connectivity index (χ3v) is 3.38. The lowest BCUT2D eigenvalue weighted by Crippen LogP contribution is -2.39. The molecule has 0 aliphatic carbocycles. The fourth-order valence-corrected chi connectivity index (χ4v) is 2.24. The molecule has 1 rings (SSSR count). The zero-order valence-electron chi connectivity index (χ0n) is 10.4. The van der Waals surface area contributed by atoms with Crippen molar-refractivity contribution in [3.8, 4) is 0 Å². The molecule has 1 atom stereocenters. The Bertz CT molecular complexity index is 401. The highest BCUT2D eigenvalue weighted by molar-refractivity contribution is 6.39. The molecule has 1 unspecified atom stereocenters. The van der Waals surface area contributed by atoms with Gasteiger partial charge in [0, 0.05) is 12.6 Å². The number of nitrogens with one attached hydrogen (secondary N) is 1. The average Bonchev–Trinajstić information content (AvgIpc) is 2.28. The van der Waals surface area contributed by atoms with Crippen molar-refractivity contribution in [3.63, 3.8) is 0 Å². The molecule has 3 nitrogen and oxygen atoms in total. The van der Waals surface area contributed by atoms with Crippen LogP contribution in [0.3, 0.4) is 0 Å². The van der Waals surface area contributed by atoms with Crippen molar-refractivity contribution in [1.29, 1.82) is 0 Å². The second-order valence-electron chi connectivity index (χ2n) is 4.43. The predicted molar refractivity (Wildman–Crippen MR) is 74.3 cm³/mol. The molecule has 0 spiro atoms. The van der Waals surface area contributed by atoms with E-state index in [2.05, 4.69) is 5.32 Å². The summed E-state index contributed by atoms with van der Waals surface area (Å²) >= 11 is 11.9. The van der Waals surface area contributed by atoms with E-state index in [0.717, 1.165) is 0 Å². The quantitative estimate of drug-likeness (QED) is 0.875. The molecule has 0 saturated carbocycles. The molecule has 0 aromatic heterocycles. The van der Waals surface area contributed by atoms with Crippen molar-refractivity contribution in [2.24, 2.45) is 5.92 Å². The van der Waals surface area contributed by atoms with E-state index in [-0.39, 0.29) is 30.0 Å². The minimum atomic E-state index is -0.308. The van der Waals surface area contributed by atoms with Gasteiger partial charge in [-0.1, -0.05) is 43.1 Å². The highest BCUT2D eigenvalue weighted by Crippen LogP contribution is 2.24. The molecule has 0 saturated heterocycles. The van der Waals surface area contributed by atoms with Gasteiger partial charge in [0.2, 0.25) is 0 Å². The molecular formula is C13H17Cl2NO2. The summed E-state index contributed by atoms with van der Waals surface area (Å²) in [7, 11) is 0. The van der Waals surface area contributed by atoms with Crippen LogP contribution >= 0.6 is 23.2 Å². The first-order valence-electron chi connectivity index (χ1n) is 5.83. The van der Waals surface area contributed by atoms with E-state index >= 15 is 0 Å². The van der Waals surface area contributed by atoms with Gasteiger partial charge >= 0.3 is 0 Å². The lowest BCUT2D eigenvalue weighted by atomic mass is 10.0. The maximum absolute atomic E-state index is 12.1. The van der Waals surface area contributed by atoms with E-state index in [4.69, 9.17) is 28.3 Å². The Morgan fingerprint density at radius 1 is 1.33 bits per heavy atom. The summed E-state index contributed by atoms with van der Waals surface area (Å²) < 4.78 is 0. The first-order chi connectivity index (χ1) is 8.47. The monoisotopic (exact) mass is 289 g/mol. The van der Waals surface area contributed by atoms with Crippen LogP contribution in [0.25, 0.3) is 0 Å². The number of aliphatic hydroxyl groups is 1. The Morgan fingerprint density at radius 2 is 1.89 bits per heavy atom. The van der Waals surface area contributed by atoms with E-state index < -0.39 is 0 Å². The highest BCUT2D eigenvalue weighted by Gasteiger charge is 2.20. The normalized spacial score (nSPS) is 12.6. The first-order valence-corrected chi connectivity index (χ1v) is 6.58. The fourth-order valence-electron chi connectivity index (χ4n) is 1.67. The second kappa shape index (κ2) is 6.98. The standard InChI is InChI=1S/C13H17Cl2NO2/c1-8(2)11(6-7-17)16-13(18)12-9(14)4-3-5-10(12)15/h3-5,8,11,17H,6-7H2,1-2H3,(H,16,18). The first kappa shape index (κ1) is 15.3. The summed E-state index contributed by atoms with van der Waals surface area (Å²) in [6.07, 6.45) is 0.505. The molecular weight excluding hydrogens is 273 g/mol. The topological polar surface area (TPSA) is 49.3 Å². The third-order valence-electron chi connectivity index (χ3n) is 2.75. The Hall–Kier alpha value is -0.770. The Balaban J connectivity index is 2.87. The minimum absolute atomic E-state index is 0.0272. The molecule has 1 aromatic rings. The molecule has 18 heavy (non-hydrogen) atoms. The molecule has 0 aliphatic heterocycles. The van der Waals surface area contributed by atoms with Gasteiger partial charge < -0.3 is 10.4 Å². The maximum Gasteiger partial charge on any atom is 0.254 e. The number of carbonyl (C=O) groups excluding carboxylic acids is 1. The summed E-state index contributed by atoms with van der Waals surface area (Å²) in [6, 6.07) is 4.84. The molecule has 0 heterocycles. The largest absolute Gasteiger partial charge is 0.396 e. The lowest BCUT2D eigenvalue weighted by molar-refractivity contribution is 0.0917. The number of hydrogen-bond donors (Lipinski definition) is 2. The number of halogens is 2. The maximum atomic E-state index is 12.1. The van der Waals surface area contributed by atoms with Crippen LogP contribution in [0.4, 0.5) is 0 Å². The summed E-state index contributed by atoms with van der Waals surface area (Å²) in [6.45, 7) is 3.99. The summed E-state index contributed by atoms with van der Waals surface area (Å²) in [5.41, 5.74) is 0.282. The Labute approximate surface area is 117 Å². The lowest BCUT2D eigenvalue weighted by Gasteiger charge is -2.22. The molecule has 2 N–H and O–H groups in total. The fraction of sp³-hybridized carbons (Fsp3) is 0.462. The van der Waals surface area contributed by atoms with Gasteiger partial charge in [-0.15, -0.1) is 0 Å². The van der Waals surface area contributed by atoms with E-state index in [1.54, 1.807) is 18.2 Å². The van der Waals surface area contributed by atoms with Crippen molar-refractivity contribution in [3.05, 3.63) is 33.8 Å². The van der Waals surface area contributed by atoms with Gasteiger partial charge in [0.25, 0.3) is 5.91 Å². The molecule has 5 heteroatoms. The predicted octanol–water partition coefficient (Wildman–Crippen LogP) is 3.13. The van der Waals surface area contributed by atoms with Crippen LogP contribution in [0.5, 0.6) is 0 Å². The van der Waals surface area contributed by atoms with Crippen LogP contribution in [-0.4, -0.2) is 23.7 Å². The Morgan fingerprint density at radius 3 is 2.33 bits per heavy atom. The van der Waals surface area contributed by atoms with E-state index in [1.165, 1.54) is 0 Å². The zero-order valence-corrected chi connectivity index (χ0v) is 11.9. The van der Waals surface area contributed by atoms with Gasteiger partial charge in [0.15, 0.2) is 0 Å². The molecule has 0 bridgehead atoms. The van der Waals surface area contributed by atoms with Crippen LogP contribution in [0, 0.1) is 5.92 Å². The van der Waals surface area contributed by atoms with Gasteiger partial charge in [-0.3, -0.25) is 4.79 Å². The summed E-state index contributed by atoms with van der Waals surface area (Å²) in [5, 5.41) is 12.5. The highest BCUT2D eigenvalue weighted by atomic mass is 35.5. The summed E-state index contributed by atoms with van der Waals surface area (Å²) in [5.74, 6) is -0.0832. The van der Waals surface area contributed by atoms with Crippen molar-refractivity contribution in [1.82, 2.24) is 5.32 Å². The molecule has 1 amide bonds. The van der Waals surface area contributed by atoms with Crippen molar-refractivity contribution >= 4 is 29.1 Å². The molecule has 0 radical (unpaired) electrons. The molecule has 1 aromatic carbocycles. The summed E-state index contributed by atoms with van der Waals surface area (Å²) in [4.78, 5) is 12.1. The number of rotatable bonds is 5. The van der Waals surface area contributed by atoms with Gasteiger partial charge in [0.05, 0.1) is 15.6 Å². The van der Waals surface area contributed by atoms with Gasteiger partial charge in [-0.05, 0) is 24.5 Å². The van der Waals surface area contributed by atoms with E-state index in [0.29, 0.717) is 16.5 Å². The minimum Gasteiger partial charge on any atom is -0.396 e. The molecule has 100 valence electrons. The van der Waals surface area contributed by atoms with Crippen LogP contribution in [-0.2, 0) is 0 Å². The zero-order chi connectivity index (χ0) is 13.7. The van der Waals surface area contributed by atoms with Gasteiger partial charge in [0.1, 0.15) is 0 Å². The van der Waals surface area contributed by atoms with Crippen LogP contribution in [0.1, 0.15) is 30.6 Å². The molecule has 0 fully saturated rings. The van der Waals surface area contributed by atoms with Crippen LogP contribution < -0.4 is 5.32 Å². The number of aliphatic hydroxyl groups excluding tert-OH is 1. The number of hydrogen-bond acceptors (Lipinski definition) is 2. The number of carbonyl (C=O) groups is 1. The van der Waals surface area contributed by atoms with Crippen LogP contribution in [0.2, 0.25) is 10.0 Å². The number of amides is 1. The van der Waals surface area contributed by atoms with E-state index in [9.17, 15) is 4.79 Å². The SMILES string of the molecule is CC(C)C(CCO)NC(=O)c1c(Cl)cccc1Cl. The smallest absolute Gasteiger partial charge is 0.254 e. The van der Waals surface area contributed by atoms with Crippen molar-refractivity contribution < 1.29 is 9.90 Å². The van der Waals surface area contributed by atoms with Gasteiger partial charge in [-0.2, -0.15) is 0 Å². The molecule has 0 aliphatic rings.